The summed E-state index contributed by atoms with van der Waals surface area (Å²) in [6.07, 6.45) is 1.14. The number of rotatable bonds is 5. The Bertz CT molecular complexity index is 152. The van der Waals surface area contributed by atoms with Crippen LogP contribution in [0.5, 0.6) is 0 Å². The summed E-state index contributed by atoms with van der Waals surface area (Å²) < 4.78 is 0. The van der Waals surface area contributed by atoms with E-state index in [1.165, 1.54) is 0 Å². The molecular weight excluding hydrogens is 150 g/mol. The molecule has 0 radical (unpaired) electrons. The van der Waals surface area contributed by atoms with Gasteiger partial charge in [-0.2, -0.15) is 0 Å². The highest BCUT2D eigenvalue weighted by molar-refractivity contribution is 5.81. The Morgan fingerprint density at radius 2 is 1.92 bits per heavy atom. The standard InChI is InChI=1S/C10H21NO/c1-6-7-11(5)8-10(3,4)9(2)12/h6-8H2,1-5H3. The van der Waals surface area contributed by atoms with Crippen LogP contribution in [0.3, 0.4) is 0 Å². The molecule has 0 N–H and O–H groups in total. The van der Waals surface area contributed by atoms with Crippen molar-refractivity contribution in [1.82, 2.24) is 4.90 Å². The quantitative estimate of drug-likeness (QED) is 0.630. The zero-order chi connectivity index (χ0) is 9.78. The lowest BCUT2D eigenvalue weighted by molar-refractivity contribution is -0.125. The van der Waals surface area contributed by atoms with Crippen LogP contribution in [-0.4, -0.2) is 30.8 Å². The lowest BCUT2D eigenvalue weighted by Crippen LogP contribution is -2.36. The Kier molecular flexibility index (Phi) is 4.46. The summed E-state index contributed by atoms with van der Waals surface area (Å²) in [5.74, 6) is 0.269. The largest absolute Gasteiger partial charge is 0.305 e. The minimum Gasteiger partial charge on any atom is -0.305 e. The molecule has 0 atom stereocenters. The molecule has 12 heavy (non-hydrogen) atoms. The number of hydrogen-bond acceptors (Lipinski definition) is 2. The Hall–Kier alpha value is -0.370. The highest BCUT2D eigenvalue weighted by atomic mass is 16.1. The van der Waals surface area contributed by atoms with Crippen molar-refractivity contribution in [2.45, 2.75) is 34.1 Å². The fourth-order valence-electron chi connectivity index (χ4n) is 1.25. The summed E-state index contributed by atoms with van der Waals surface area (Å²) in [5.41, 5.74) is -0.191. The van der Waals surface area contributed by atoms with Crippen LogP contribution in [0.25, 0.3) is 0 Å². The molecule has 0 rings (SSSR count). The minimum absolute atomic E-state index is 0.191. The molecule has 72 valence electrons. The Morgan fingerprint density at radius 3 is 2.25 bits per heavy atom. The number of ketones is 1. The predicted octanol–water partition coefficient (Wildman–Crippen LogP) is 1.94. The maximum Gasteiger partial charge on any atom is 0.136 e. The van der Waals surface area contributed by atoms with E-state index >= 15 is 0 Å². The first-order valence-electron chi connectivity index (χ1n) is 4.59. The zero-order valence-electron chi connectivity index (χ0n) is 8.98. The number of carbonyl (C=O) groups excluding carboxylic acids is 1. The molecule has 0 aromatic rings. The number of nitrogens with zero attached hydrogens (tertiary/aromatic N) is 1. The first-order valence-corrected chi connectivity index (χ1v) is 4.59. The first-order chi connectivity index (χ1) is 5.40. The predicted molar refractivity (Wildman–Crippen MR) is 52.3 cm³/mol. The SMILES string of the molecule is CCCN(C)CC(C)(C)C(C)=O. The lowest BCUT2D eigenvalue weighted by Gasteiger charge is -2.27. The van der Waals surface area contributed by atoms with E-state index < -0.39 is 0 Å². The topological polar surface area (TPSA) is 20.3 Å². The van der Waals surface area contributed by atoms with Crippen molar-refractivity contribution < 1.29 is 4.79 Å². The maximum absolute atomic E-state index is 11.2. The van der Waals surface area contributed by atoms with Crippen LogP contribution < -0.4 is 0 Å². The molecule has 2 nitrogen and oxygen atoms in total. The van der Waals surface area contributed by atoms with Crippen molar-refractivity contribution in [3.63, 3.8) is 0 Å². The monoisotopic (exact) mass is 171 g/mol. The molecule has 0 amide bonds. The van der Waals surface area contributed by atoms with Crippen LogP contribution in [0.4, 0.5) is 0 Å². The second-order valence-corrected chi connectivity index (χ2v) is 4.18. The average Bonchev–Trinajstić information content (AvgIpc) is 1.85. The summed E-state index contributed by atoms with van der Waals surface area (Å²) >= 11 is 0. The third-order valence-corrected chi connectivity index (χ3v) is 2.22. The van der Waals surface area contributed by atoms with Crippen molar-refractivity contribution >= 4 is 5.78 Å². The smallest absolute Gasteiger partial charge is 0.136 e. The van der Waals surface area contributed by atoms with Crippen molar-refractivity contribution in [3.05, 3.63) is 0 Å². The van der Waals surface area contributed by atoms with E-state index in [2.05, 4.69) is 18.9 Å². The van der Waals surface area contributed by atoms with Gasteiger partial charge in [0.05, 0.1) is 0 Å². The molecule has 0 unspecified atom stereocenters. The Labute approximate surface area is 75.9 Å². The van der Waals surface area contributed by atoms with Crippen molar-refractivity contribution in [2.24, 2.45) is 5.41 Å². The fraction of sp³-hybridized carbons (Fsp3) is 0.900. The molecule has 0 aliphatic rings. The molecule has 0 spiro atoms. The molecule has 0 aliphatic heterocycles. The Morgan fingerprint density at radius 1 is 1.42 bits per heavy atom. The first kappa shape index (κ1) is 11.6. The second-order valence-electron chi connectivity index (χ2n) is 4.18. The van der Waals surface area contributed by atoms with Gasteiger partial charge in [0.1, 0.15) is 5.78 Å². The van der Waals surface area contributed by atoms with Crippen LogP contribution in [0.15, 0.2) is 0 Å². The van der Waals surface area contributed by atoms with Gasteiger partial charge < -0.3 is 4.90 Å². The van der Waals surface area contributed by atoms with Gasteiger partial charge in [-0.1, -0.05) is 20.8 Å². The van der Waals surface area contributed by atoms with E-state index in [1.807, 2.05) is 13.8 Å². The number of hydrogen-bond donors (Lipinski definition) is 0. The molecular formula is C10H21NO. The summed E-state index contributed by atoms with van der Waals surface area (Å²) in [6.45, 7) is 9.74. The lowest BCUT2D eigenvalue weighted by atomic mass is 9.88. The van der Waals surface area contributed by atoms with Crippen molar-refractivity contribution in [2.75, 3.05) is 20.1 Å². The van der Waals surface area contributed by atoms with E-state index in [9.17, 15) is 4.79 Å². The molecule has 0 heterocycles. The molecule has 0 fully saturated rings. The zero-order valence-corrected chi connectivity index (χ0v) is 8.98. The molecule has 0 saturated carbocycles. The minimum atomic E-state index is -0.191. The summed E-state index contributed by atoms with van der Waals surface area (Å²) in [4.78, 5) is 13.4. The van der Waals surface area contributed by atoms with E-state index in [-0.39, 0.29) is 11.2 Å². The van der Waals surface area contributed by atoms with Gasteiger partial charge in [-0.3, -0.25) is 4.79 Å². The maximum atomic E-state index is 11.2. The van der Waals surface area contributed by atoms with Gasteiger partial charge in [0.2, 0.25) is 0 Å². The van der Waals surface area contributed by atoms with Gasteiger partial charge in [-0.25, -0.2) is 0 Å². The normalized spacial score (nSPS) is 12.2. The summed E-state index contributed by atoms with van der Waals surface area (Å²) in [5, 5.41) is 0. The number of Topliss-reactive ketones (excluding diaryl/α,β-unsaturated/α-hetero) is 1. The van der Waals surface area contributed by atoms with Crippen LogP contribution in [0, 0.1) is 5.41 Å². The van der Waals surface area contributed by atoms with E-state index in [1.54, 1.807) is 6.92 Å². The average molecular weight is 171 g/mol. The van der Waals surface area contributed by atoms with Gasteiger partial charge in [-0.15, -0.1) is 0 Å². The van der Waals surface area contributed by atoms with E-state index in [4.69, 9.17) is 0 Å². The molecule has 0 saturated heterocycles. The Balaban J connectivity index is 3.96. The van der Waals surface area contributed by atoms with Crippen molar-refractivity contribution in [3.8, 4) is 0 Å². The third-order valence-electron chi connectivity index (χ3n) is 2.22. The second kappa shape index (κ2) is 4.61. The molecule has 0 aliphatic carbocycles. The molecule has 0 aromatic carbocycles. The van der Waals surface area contributed by atoms with E-state index in [0.717, 1.165) is 19.5 Å². The highest BCUT2D eigenvalue weighted by Crippen LogP contribution is 2.17. The highest BCUT2D eigenvalue weighted by Gasteiger charge is 2.24. The molecule has 2 heteroatoms. The van der Waals surface area contributed by atoms with E-state index in [0.29, 0.717) is 0 Å². The van der Waals surface area contributed by atoms with Crippen LogP contribution in [0.1, 0.15) is 34.1 Å². The van der Waals surface area contributed by atoms with Crippen molar-refractivity contribution in [1.29, 1.82) is 0 Å². The summed E-state index contributed by atoms with van der Waals surface area (Å²) in [6, 6.07) is 0. The van der Waals surface area contributed by atoms with Gasteiger partial charge >= 0.3 is 0 Å². The van der Waals surface area contributed by atoms with Crippen LogP contribution in [0.2, 0.25) is 0 Å². The summed E-state index contributed by atoms with van der Waals surface area (Å²) in [7, 11) is 2.06. The van der Waals surface area contributed by atoms with Crippen LogP contribution >= 0.6 is 0 Å². The van der Waals surface area contributed by atoms with Gasteiger partial charge in [0.25, 0.3) is 0 Å². The third kappa shape index (κ3) is 3.86. The van der Waals surface area contributed by atoms with Gasteiger partial charge in [0.15, 0.2) is 0 Å². The van der Waals surface area contributed by atoms with Gasteiger partial charge in [0, 0.05) is 12.0 Å². The molecule has 0 bridgehead atoms. The van der Waals surface area contributed by atoms with Crippen LogP contribution in [-0.2, 0) is 4.79 Å². The van der Waals surface area contributed by atoms with Gasteiger partial charge in [-0.05, 0) is 26.9 Å². The fourth-order valence-corrected chi connectivity index (χ4v) is 1.25. The number of carbonyl (C=O) groups is 1. The molecule has 0 aromatic heterocycles.